The molecule has 23 heavy (non-hydrogen) atoms. The second kappa shape index (κ2) is 6.57. The fourth-order valence-corrected chi connectivity index (χ4v) is 3.40. The Balaban J connectivity index is 1.79. The standard InChI is InChI=1S/C19H25N3O/c1-13(2)10-16-12-17(21-20-16)19(23)22-9-5-8-18(22)15-7-4-6-14(3)11-15/h4,6-7,11-13,18H,5,8-10H2,1-3H3,(H,20,21). The largest absolute Gasteiger partial charge is 0.330 e. The maximum atomic E-state index is 12.9. The Hall–Kier alpha value is -2.10. The van der Waals surface area contributed by atoms with Crippen LogP contribution in [0.15, 0.2) is 30.3 Å². The first-order valence-electron chi connectivity index (χ1n) is 8.46. The van der Waals surface area contributed by atoms with Crippen LogP contribution in [0.25, 0.3) is 0 Å². The van der Waals surface area contributed by atoms with Gasteiger partial charge in [0, 0.05) is 12.2 Å². The molecule has 1 atom stereocenters. The Morgan fingerprint density at radius 3 is 2.96 bits per heavy atom. The third kappa shape index (κ3) is 3.46. The Morgan fingerprint density at radius 1 is 1.39 bits per heavy atom. The van der Waals surface area contributed by atoms with Crippen molar-refractivity contribution in [3.05, 3.63) is 52.8 Å². The van der Waals surface area contributed by atoms with Gasteiger partial charge in [0.2, 0.25) is 0 Å². The van der Waals surface area contributed by atoms with E-state index < -0.39 is 0 Å². The maximum Gasteiger partial charge on any atom is 0.274 e. The number of likely N-dealkylation sites (tertiary alicyclic amines) is 1. The number of aryl methyl sites for hydroxylation is 1. The molecular weight excluding hydrogens is 286 g/mol. The van der Waals surface area contributed by atoms with Crippen molar-refractivity contribution >= 4 is 5.91 Å². The van der Waals surface area contributed by atoms with E-state index >= 15 is 0 Å². The normalized spacial score (nSPS) is 17.9. The summed E-state index contributed by atoms with van der Waals surface area (Å²) in [6.07, 6.45) is 2.99. The van der Waals surface area contributed by atoms with Crippen molar-refractivity contribution in [2.75, 3.05) is 6.54 Å². The number of nitrogens with zero attached hydrogens (tertiary/aromatic N) is 2. The van der Waals surface area contributed by atoms with Crippen LogP contribution in [0, 0.1) is 12.8 Å². The van der Waals surface area contributed by atoms with Gasteiger partial charge in [0.25, 0.3) is 5.91 Å². The Bertz CT molecular complexity index is 689. The van der Waals surface area contributed by atoms with Gasteiger partial charge in [-0.15, -0.1) is 0 Å². The second-order valence-corrected chi connectivity index (χ2v) is 6.95. The van der Waals surface area contributed by atoms with Crippen molar-refractivity contribution in [1.82, 2.24) is 15.1 Å². The third-order valence-corrected chi connectivity index (χ3v) is 4.42. The van der Waals surface area contributed by atoms with Crippen LogP contribution in [0.3, 0.4) is 0 Å². The molecule has 122 valence electrons. The molecule has 0 aliphatic carbocycles. The molecule has 1 saturated heterocycles. The van der Waals surface area contributed by atoms with Gasteiger partial charge in [-0.05, 0) is 43.7 Å². The zero-order valence-electron chi connectivity index (χ0n) is 14.2. The third-order valence-electron chi connectivity index (χ3n) is 4.42. The zero-order chi connectivity index (χ0) is 16.4. The van der Waals surface area contributed by atoms with E-state index in [2.05, 4.69) is 55.2 Å². The van der Waals surface area contributed by atoms with Crippen LogP contribution in [0.5, 0.6) is 0 Å². The number of carbonyl (C=O) groups excluding carboxylic acids is 1. The lowest BCUT2D eigenvalue weighted by Crippen LogP contribution is -2.30. The summed E-state index contributed by atoms with van der Waals surface area (Å²) in [6.45, 7) is 7.23. The van der Waals surface area contributed by atoms with Gasteiger partial charge < -0.3 is 4.90 Å². The van der Waals surface area contributed by atoms with Gasteiger partial charge in [0.05, 0.1) is 6.04 Å². The number of nitrogens with one attached hydrogen (secondary N) is 1. The maximum absolute atomic E-state index is 12.9. The molecular formula is C19H25N3O. The molecule has 1 fully saturated rings. The SMILES string of the molecule is Cc1cccc(C2CCCN2C(=O)c2cc(CC(C)C)[nH]n2)c1. The van der Waals surface area contributed by atoms with Crippen molar-refractivity contribution in [3.63, 3.8) is 0 Å². The van der Waals surface area contributed by atoms with Gasteiger partial charge in [-0.25, -0.2) is 0 Å². The first-order valence-corrected chi connectivity index (χ1v) is 8.46. The fraction of sp³-hybridized carbons (Fsp3) is 0.474. The minimum absolute atomic E-state index is 0.0419. The molecule has 1 aromatic carbocycles. The van der Waals surface area contributed by atoms with E-state index in [4.69, 9.17) is 0 Å². The van der Waals surface area contributed by atoms with Crippen LogP contribution in [-0.2, 0) is 6.42 Å². The summed E-state index contributed by atoms with van der Waals surface area (Å²) in [6, 6.07) is 10.6. The van der Waals surface area contributed by atoms with Crippen molar-refractivity contribution < 1.29 is 4.79 Å². The minimum atomic E-state index is 0.0419. The van der Waals surface area contributed by atoms with Gasteiger partial charge in [-0.1, -0.05) is 43.7 Å². The second-order valence-electron chi connectivity index (χ2n) is 6.95. The molecule has 1 unspecified atom stereocenters. The van der Waals surface area contributed by atoms with E-state index in [-0.39, 0.29) is 11.9 Å². The molecule has 2 heterocycles. The lowest BCUT2D eigenvalue weighted by atomic mass is 10.0. The van der Waals surface area contributed by atoms with E-state index in [9.17, 15) is 4.79 Å². The molecule has 2 aromatic rings. The summed E-state index contributed by atoms with van der Waals surface area (Å²) >= 11 is 0. The lowest BCUT2D eigenvalue weighted by molar-refractivity contribution is 0.0729. The molecule has 0 spiro atoms. The van der Waals surface area contributed by atoms with Gasteiger partial charge in [-0.2, -0.15) is 5.10 Å². The molecule has 1 aliphatic rings. The number of H-pyrrole nitrogens is 1. The summed E-state index contributed by atoms with van der Waals surface area (Å²) in [5, 5.41) is 7.25. The Labute approximate surface area is 137 Å². The molecule has 0 radical (unpaired) electrons. The average Bonchev–Trinajstić information content (AvgIpc) is 3.15. The summed E-state index contributed by atoms with van der Waals surface area (Å²) in [5.41, 5.74) is 4.05. The number of benzene rings is 1. The zero-order valence-corrected chi connectivity index (χ0v) is 14.2. The van der Waals surface area contributed by atoms with Crippen LogP contribution < -0.4 is 0 Å². The lowest BCUT2D eigenvalue weighted by Gasteiger charge is -2.24. The summed E-state index contributed by atoms with van der Waals surface area (Å²) in [5.74, 6) is 0.588. The van der Waals surface area contributed by atoms with Crippen LogP contribution in [0.4, 0.5) is 0 Å². The topological polar surface area (TPSA) is 49.0 Å². The molecule has 1 amide bonds. The predicted octanol–water partition coefficient (Wildman–Crippen LogP) is 3.89. The number of aromatic amines is 1. The molecule has 1 aromatic heterocycles. The highest BCUT2D eigenvalue weighted by atomic mass is 16.2. The van der Waals surface area contributed by atoms with E-state index in [0.717, 1.165) is 31.5 Å². The van der Waals surface area contributed by atoms with Crippen LogP contribution in [0.1, 0.15) is 60.0 Å². The van der Waals surface area contributed by atoms with Gasteiger partial charge >= 0.3 is 0 Å². The number of aromatic nitrogens is 2. The minimum Gasteiger partial charge on any atom is -0.330 e. The number of rotatable bonds is 4. The smallest absolute Gasteiger partial charge is 0.274 e. The quantitative estimate of drug-likeness (QED) is 0.931. The van der Waals surface area contributed by atoms with Gasteiger partial charge in [0.15, 0.2) is 0 Å². The van der Waals surface area contributed by atoms with Crippen molar-refractivity contribution in [2.45, 2.75) is 46.1 Å². The molecule has 4 heteroatoms. The van der Waals surface area contributed by atoms with Gasteiger partial charge in [-0.3, -0.25) is 9.89 Å². The summed E-state index contributed by atoms with van der Waals surface area (Å²) < 4.78 is 0. The van der Waals surface area contributed by atoms with Crippen molar-refractivity contribution in [1.29, 1.82) is 0 Å². The summed E-state index contributed by atoms with van der Waals surface area (Å²) in [7, 11) is 0. The molecule has 3 rings (SSSR count). The highest BCUT2D eigenvalue weighted by Gasteiger charge is 2.31. The first kappa shape index (κ1) is 15.8. The van der Waals surface area contributed by atoms with E-state index in [1.54, 1.807) is 0 Å². The average molecular weight is 311 g/mol. The number of amides is 1. The van der Waals surface area contributed by atoms with Crippen LogP contribution in [0.2, 0.25) is 0 Å². The fourth-order valence-electron chi connectivity index (χ4n) is 3.40. The number of hydrogen-bond acceptors (Lipinski definition) is 2. The molecule has 1 N–H and O–H groups in total. The first-order chi connectivity index (χ1) is 11.0. The van der Waals surface area contributed by atoms with Gasteiger partial charge in [0.1, 0.15) is 5.69 Å². The summed E-state index contributed by atoms with van der Waals surface area (Å²) in [4.78, 5) is 14.8. The number of hydrogen-bond donors (Lipinski definition) is 1. The molecule has 1 aliphatic heterocycles. The highest BCUT2D eigenvalue weighted by Crippen LogP contribution is 2.33. The van der Waals surface area contributed by atoms with Crippen LogP contribution >= 0.6 is 0 Å². The predicted molar refractivity (Wildman–Crippen MR) is 91.3 cm³/mol. The Morgan fingerprint density at radius 2 is 2.22 bits per heavy atom. The monoisotopic (exact) mass is 311 g/mol. The molecule has 0 bridgehead atoms. The molecule has 4 nitrogen and oxygen atoms in total. The van der Waals surface area contributed by atoms with E-state index in [1.807, 2.05) is 11.0 Å². The van der Waals surface area contributed by atoms with Crippen molar-refractivity contribution in [2.24, 2.45) is 5.92 Å². The Kier molecular flexibility index (Phi) is 4.51. The number of carbonyl (C=O) groups is 1. The van der Waals surface area contributed by atoms with E-state index in [1.165, 1.54) is 11.1 Å². The van der Waals surface area contributed by atoms with Crippen LogP contribution in [-0.4, -0.2) is 27.5 Å². The molecule has 0 saturated carbocycles. The van der Waals surface area contributed by atoms with Crippen molar-refractivity contribution in [3.8, 4) is 0 Å². The highest BCUT2D eigenvalue weighted by molar-refractivity contribution is 5.92. The van der Waals surface area contributed by atoms with E-state index in [0.29, 0.717) is 11.6 Å².